The van der Waals surface area contributed by atoms with Gasteiger partial charge in [-0.15, -0.1) is 0 Å². The molecule has 3 aromatic carbocycles. The Hall–Kier alpha value is -4.69. The molecule has 2 N–H and O–H groups in total. The fourth-order valence-corrected chi connectivity index (χ4v) is 5.00. The number of para-hydroxylation sites is 2. The van der Waals surface area contributed by atoms with E-state index in [4.69, 9.17) is 14.2 Å². The van der Waals surface area contributed by atoms with E-state index in [2.05, 4.69) is 10.6 Å². The Morgan fingerprint density at radius 1 is 0.657 bits per heavy atom. The lowest BCUT2D eigenvalue weighted by atomic mass is 9.92. The van der Waals surface area contributed by atoms with E-state index in [1.807, 2.05) is 24.3 Å². The van der Waals surface area contributed by atoms with Crippen LogP contribution in [0.15, 0.2) is 60.7 Å². The fraction of sp³-hybridized carbons (Fsp3) is 0.0741. The summed E-state index contributed by atoms with van der Waals surface area (Å²) in [4.78, 5) is 38.8. The molecule has 0 radical (unpaired) electrons. The molecule has 8 heteroatoms. The monoisotopic (exact) mass is 464 g/mol. The summed E-state index contributed by atoms with van der Waals surface area (Å²) in [6.07, 6.45) is 0. The normalized spacial score (nSPS) is 21.8. The van der Waals surface area contributed by atoms with Crippen LogP contribution in [-0.2, 0) is 19.1 Å². The number of amides is 1. The third-order valence-corrected chi connectivity index (χ3v) is 6.52. The molecule has 35 heavy (non-hydrogen) atoms. The van der Waals surface area contributed by atoms with Crippen molar-refractivity contribution in [1.29, 1.82) is 0 Å². The van der Waals surface area contributed by atoms with Crippen molar-refractivity contribution in [3.8, 4) is 11.5 Å². The Balaban J connectivity index is 1.43. The first kappa shape index (κ1) is 19.7. The van der Waals surface area contributed by atoms with Crippen molar-refractivity contribution in [2.75, 3.05) is 24.0 Å². The second kappa shape index (κ2) is 7.15. The number of fused-ring (bicyclic) bond motifs is 4. The first-order valence-corrected chi connectivity index (χ1v) is 11.0. The van der Waals surface area contributed by atoms with Gasteiger partial charge in [0.15, 0.2) is 0 Å². The molecule has 4 aliphatic heterocycles. The Morgan fingerprint density at radius 3 is 2.06 bits per heavy atom. The van der Waals surface area contributed by atoms with Crippen LogP contribution < -0.4 is 20.1 Å². The second-order valence-electron chi connectivity index (χ2n) is 8.44. The molecule has 7 rings (SSSR count). The highest BCUT2D eigenvalue weighted by atomic mass is 16.5. The molecule has 0 bridgehead atoms. The first-order valence-electron chi connectivity index (χ1n) is 11.0. The van der Waals surface area contributed by atoms with E-state index < -0.39 is 11.9 Å². The van der Waals surface area contributed by atoms with Gasteiger partial charge in [-0.05, 0) is 24.3 Å². The summed E-state index contributed by atoms with van der Waals surface area (Å²) in [5.41, 5.74) is 5.29. The molecule has 0 aliphatic carbocycles. The minimum absolute atomic E-state index is 0.148. The largest absolute Gasteiger partial charge is 0.422 e. The molecule has 4 aliphatic rings. The van der Waals surface area contributed by atoms with E-state index in [0.29, 0.717) is 46.0 Å². The van der Waals surface area contributed by atoms with Crippen LogP contribution in [0.1, 0.15) is 22.3 Å². The molecule has 0 fully saturated rings. The van der Waals surface area contributed by atoms with Crippen molar-refractivity contribution in [3.63, 3.8) is 0 Å². The van der Waals surface area contributed by atoms with Crippen LogP contribution >= 0.6 is 0 Å². The lowest BCUT2D eigenvalue weighted by Crippen LogP contribution is -2.09. The summed E-state index contributed by atoms with van der Waals surface area (Å²) in [5.74, 6) is -0.951. The molecule has 0 atom stereocenters. The highest BCUT2D eigenvalue weighted by Crippen LogP contribution is 2.49. The smallest absolute Gasteiger partial charge is 0.345 e. The minimum atomic E-state index is -0.626. The number of anilines is 2. The van der Waals surface area contributed by atoms with Crippen LogP contribution in [0.5, 0.6) is 11.5 Å². The van der Waals surface area contributed by atoms with E-state index in [-0.39, 0.29) is 29.4 Å². The summed E-state index contributed by atoms with van der Waals surface area (Å²) in [6.45, 7) is 0.509. The molecule has 3 aromatic rings. The molecular weight excluding hydrogens is 448 g/mol. The summed E-state index contributed by atoms with van der Waals surface area (Å²) >= 11 is 0. The fourth-order valence-electron chi connectivity index (χ4n) is 5.00. The van der Waals surface area contributed by atoms with Gasteiger partial charge in [-0.3, -0.25) is 4.79 Å². The van der Waals surface area contributed by atoms with Gasteiger partial charge < -0.3 is 24.8 Å². The zero-order valence-corrected chi connectivity index (χ0v) is 18.1. The predicted octanol–water partition coefficient (Wildman–Crippen LogP) is 3.70. The number of hydrogen-bond acceptors (Lipinski definition) is 7. The average Bonchev–Trinajstić information content (AvgIpc) is 3.39. The summed E-state index contributed by atoms with van der Waals surface area (Å²) in [7, 11) is 0. The summed E-state index contributed by atoms with van der Waals surface area (Å²) in [6, 6.07) is 18.0. The molecule has 0 spiro atoms. The van der Waals surface area contributed by atoms with Crippen LogP contribution in [-0.4, -0.2) is 31.2 Å². The van der Waals surface area contributed by atoms with Crippen LogP contribution in [0.25, 0.3) is 22.3 Å². The topological polar surface area (TPSA) is 103 Å². The second-order valence-corrected chi connectivity index (χ2v) is 8.44. The van der Waals surface area contributed by atoms with Crippen molar-refractivity contribution in [2.24, 2.45) is 0 Å². The first-order chi connectivity index (χ1) is 17.1. The molecule has 1 amide bonds. The summed E-state index contributed by atoms with van der Waals surface area (Å²) < 4.78 is 16.9. The van der Waals surface area contributed by atoms with Gasteiger partial charge in [0, 0.05) is 39.2 Å². The maximum Gasteiger partial charge on any atom is 0.345 e. The quantitative estimate of drug-likeness (QED) is 0.297. The molecule has 0 aromatic heterocycles. The predicted molar refractivity (Wildman–Crippen MR) is 127 cm³/mol. The maximum absolute atomic E-state index is 13.1. The van der Waals surface area contributed by atoms with E-state index >= 15 is 0 Å². The molecule has 0 saturated carbocycles. The van der Waals surface area contributed by atoms with Gasteiger partial charge in [0.1, 0.15) is 18.2 Å². The molecule has 0 unspecified atom stereocenters. The van der Waals surface area contributed by atoms with Gasteiger partial charge in [0.05, 0.1) is 23.3 Å². The molecule has 8 nitrogen and oxygen atoms in total. The number of esters is 2. The average molecular weight is 464 g/mol. The highest BCUT2D eigenvalue weighted by Gasteiger charge is 2.40. The van der Waals surface area contributed by atoms with Gasteiger partial charge in [-0.2, -0.15) is 0 Å². The third kappa shape index (κ3) is 2.80. The van der Waals surface area contributed by atoms with Gasteiger partial charge in [0.25, 0.3) is 5.91 Å². The van der Waals surface area contributed by atoms with Crippen molar-refractivity contribution in [1.82, 2.24) is 0 Å². The van der Waals surface area contributed by atoms with Crippen molar-refractivity contribution >= 4 is 51.5 Å². The van der Waals surface area contributed by atoms with E-state index in [0.717, 1.165) is 11.3 Å². The standard InChI is InChI=1S/C27H16N2O6/c30-25-23(14-6-2-4-8-19(14)29-25)24-16-10-20-15(9-21(16)35-27(24)32)22(26(31)34-20)17-11-33-12-28-18-7-3-1-5-13(17)18/h1-10,28H,11-12H2,(H,29,30)/b22-17-,24-23+. The van der Waals surface area contributed by atoms with Gasteiger partial charge in [-0.25, -0.2) is 9.59 Å². The van der Waals surface area contributed by atoms with E-state index in [1.54, 1.807) is 36.4 Å². The van der Waals surface area contributed by atoms with Crippen molar-refractivity contribution in [2.45, 2.75) is 0 Å². The number of hydrogen-bond donors (Lipinski definition) is 2. The molecule has 170 valence electrons. The van der Waals surface area contributed by atoms with Gasteiger partial charge >= 0.3 is 11.9 Å². The van der Waals surface area contributed by atoms with Crippen LogP contribution in [0.4, 0.5) is 11.4 Å². The number of nitrogens with one attached hydrogen (secondary N) is 2. The van der Waals surface area contributed by atoms with Gasteiger partial charge in [-0.1, -0.05) is 36.4 Å². The zero-order chi connectivity index (χ0) is 23.7. The van der Waals surface area contributed by atoms with Crippen LogP contribution in [0.2, 0.25) is 0 Å². The molecule has 4 heterocycles. The number of benzene rings is 3. The highest BCUT2D eigenvalue weighted by molar-refractivity contribution is 6.46. The number of carbonyl (C=O) groups excluding carboxylic acids is 3. The molecular formula is C27H16N2O6. The summed E-state index contributed by atoms with van der Waals surface area (Å²) in [5, 5.41) is 5.98. The van der Waals surface area contributed by atoms with E-state index in [1.165, 1.54) is 0 Å². The van der Waals surface area contributed by atoms with Crippen LogP contribution in [0.3, 0.4) is 0 Å². The van der Waals surface area contributed by atoms with Gasteiger partial charge in [0.2, 0.25) is 0 Å². The van der Waals surface area contributed by atoms with Crippen LogP contribution in [0, 0.1) is 0 Å². The number of ether oxygens (including phenoxy) is 3. The Morgan fingerprint density at radius 2 is 1.29 bits per heavy atom. The minimum Gasteiger partial charge on any atom is -0.422 e. The SMILES string of the molecule is O=C1Nc2ccccc2/C1=C1\C(=O)Oc2cc3c(cc21)OC(=O)/C3=C1/COCNc2ccccc21. The van der Waals surface area contributed by atoms with Crippen molar-refractivity contribution in [3.05, 3.63) is 82.9 Å². The Labute approximate surface area is 198 Å². The Bertz CT molecular complexity index is 1580. The molecule has 0 saturated heterocycles. The Kier molecular flexibility index (Phi) is 4.04. The lowest BCUT2D eigenvalue weighted by Gasteiger charge is -2.10. The number of carbonyl (C=O) groups is 3. The zero-order valence-electron chi connectivity index (χ0n) is 18.1. The van der Waals surface area contributed by atoms with E-state index in [9.17, 15) is 14.4 Å². The lowest BCUT2D eigenvalue weighted by molar-refractivity contribution is -0.127. The maximum atomic E-state index is 13.1. The third-order valence-electron chi connectivity index (χ3n) is 6.52. The number of rotatable bonds is 0. The van der Waals surface area contributed by atoms with Crippen molar-refractivity contribution < 1.29 is 28.6 Å².